The number of halogens is 1. The van der Waals surface area contributed by atoms with E-state index in [0.717, 1.165) is 37.5 Å². The first-order chi connectivity index (χ1) is 19.2. The zero-order chi connectivity index (χ0) is 28.7. The first-order valence-electron chi connectivity index (χ1n) is 13.9. The van der Waals surface area contributed by atoms with E-state index in [4.69, 9.17) is 21.1 Å². The SMILES string of the molecule is CC[C@@H](C(=O)NC1CCCCC1)N(Cc1ccc(Cl)cc1)C(=O)CCCN(c1ccc2c(c1)OCO2)S(C)(=O)=O. The molecular formula is C29H38ClN3O6S. The lowest BCUT2D eigenvalue weighted by Crippen LogP contribution is -2.51. The van der Waals surface area contributed by atoms with Crippen LogP contribution in [0.1, 0.15) is 63.9 Å². The molecule has 0 unspecified atom stereocenters. The zero-order valence-corrected chi connectivity index (χ0v) is 24.7. The molecule has 0 radical (unpaired) electrons. The molecule has 11 heteroatoms. The van der Waals surface area contributed by atoms with Crippen molar-refractivity contribution in [3.63, 3.8) is 0 Å². The molecule has 2 aromatic carbocycles. The summed E-state index contributed by atoms with van der Waals surface area (Å²) in [7, 11) is -3.62. The molecule has 0 aromatic heterocycles. The maximum absolute atomic E-state index is 13.6. The fourth-order valence-electron chi connectivity index (χ4n) is 5.29. The van der Waals surface area contributed by atoms with E-state index >= 15 is 0 Å². The largest absolute Gasteiger partial charge is 0.454 e. The maximum Gasteiger partial charge on any atom is 0.243 e. The Balaban J connectivity index is 1.47. The standard InChI is InChI=1S/C29H38ClN3O6S/c1-3-25(29(35)31-23-8-5-4-6-9-23)32(19-21-11-13-22(30)14-12-21)28(34)10-7-17-33(40(2,36)37)24-15-16-26-27(18-24)39-20-38-26/h11-16,18,23,25H,3-10,17,19-20H2,1-2H3,(H,31,35)/t25-/m0/s1. The molecule has 40 heavy (non-hydrogen) atoms. The molecule has 1 N–H and O–H groups in total. The lowest BCUT2D eigenvalue weighted by atomic mass is 9.95. The number of benzene rings is 2. The predicted molar refractivity (Wildman–Crippen MR) is 155 cm³/mol. The molecule has 2 aliphatic rings. The molecule has 1 aliphatic heterocycles. The number of nitrogens with one attached hydrogen (secondary N) is 1. The molecule has 0 saturated heterocycles. The topological polar surface area (TPSA) is 105 Å². The van der Waals surface area contributed by atoms with Gasteiger partial charge in [0.15, 0.2) is 11.5 Å². The van der Waals surface area contributed by atoms with E-state index in [1.807, 2.05) is 19.1 Å². The van der Waals surface area contributed by atoms with Crippen molar-refractivity contribution in [2.45, 2.75) is 76.9 Å². The monoisotopic (exact) mass is 591 g/mol. The van der Waals surface area contributed by atoms with Gasteiger partial charge >= 0.3 is 0 Å². The summed E-state index contributed by atoms with van der Waals surface area (Å²) in [5, 5.41) is 3.76. The number of carbonyl (C=O) groups excluding carboxylic acids is 2. The van der Waals surface area contributed by atoms with Crippen LogP contribution in [0.2, 0.25) is 5.02 Å². The molecule has 2 amide bonds. The number of nitrogens with zero attached hydrogens (tertiary/aromatic N) is 2. The first-order valence-corrected chi connectivity index (χ1v) is 16.1. The van der Waals surface area contributed by atoms with Gasteiger partial charge in [0.1, 0.15) is 6.04 Å². The summed E-state index contributed by atoms with van der Waals surface area (Å²) in [5.41, 5.74) is 1.30. The summed E-state index contributed by atoms with van der Waals surface area (Å²) in [4.78, 5) is 28.7. The number of amides is 2. The molecule has 4 rings (SSSR count). The van der Waals surface area contributed by atoms with Crippen LogP contribution in [0.15, 0.2) is 42.5 Å². The third kappa shape index (κ3) is 7.81. The Bertz CT molecular complexity index is 1280. The van der Waals surface area contributed by atoms with Crippen molar-refractivity contribution in [1.29, 1.82) is 0 Å². The highest BCUT2D eigenvalue weighted by Gasteiger charge is 2.30. The minimum absolute atomic E-state index is 0.0807. The van der Waals surface area contributed by atoms with E-state index in [1.165, 1.54) is 10.7 Å². The van der Waals surface area contributed by atoms with Gasteiger partial charge < -0.3 is 19.7 Å². The molecular weight excluding hydrogens is 554 g/mol. The summed E-state index contributed by atoms with van der Waals surface area (Å²) in [6, 6.07) is 11.7. The van der Waals surface area contributed by atoms with Gasteiger partial charge in [-0.15, -0.1) is 0 Å². The van der Waals surface area contributed by atoms with Crippen LogP contribution in [-0.2, 0) is 26.2 Å². The Labute approximate surface area is 241 Å². The second kappa shape index (κ2) is 13.6. The third-order valence-corrected chi connectivity index (χ3v) is 8.85. The minimum Gasteiger partial charge on any atom is -0.454 e. The van der Waals surface area contributed by atoms with Crippen LogP contribution in [-0.4, -0.2) is 56.8 Å². The lowest BCUT2D eigenvalue weighted by Gasteiger charge is -2.33. The van der Waals surface area contributed by atoms with Gasteiger partial charge in [0, 0.05) is 36.6 Å². The van der Waals surface area contributed by atoms with Gasteiger partial charge in [-0.05, 0) is 55.5 Å². The molecule has 0 spiro atoms. The Morgan fingerprint density at radius 1 is 1.05 bits per heavy atom. The second-order valence-corrected chi connectivity index (χ2v) is 12.7. The van der Waals surface area contributed by atoms with Crippen LogP contribution < -0.4 is 19.1 Å². The Hall–Kier alpha value is -2.98. The van der Waals surface area contributed by atoms with Gasteiger partial charge in [0.25, 0.3) is 0 Å². The summed E-state index contributed by atoms with van der Waals surface area (Å²) in [6.07, 6.45) is 7.23. The van der Waals surface area contributed by atoms with Gasteiger partial charge in [-0.3, -0.25) is 13.9 Å². The molecule has 1 saturated carbocycles. The minimum atomic E-state index is -3.62. The third-order valence-electron chi connectivity index (χ3n) is 7.40. The number of hydrogen-bond acceptors (Lipinski definition) is 6. The van der Waals surface area contributed by atoms with Crippen LogP contribution in [0.3, 0.4) is 0 Å². The maximum atomic E-state index is 13.6. The average molecular weight is 592 g/mol. The van der Waals surface area contributed by atoms with E-state index in [1.54, 1.807) is 35.2 Å². The zero-order valence-electron chi connectivity index (χ0n) is 23.1. The van der Waals surface area contributed by atoms with Gasteiger partial charge in [-0.25, -0.2) is 8.42 Å². The van der Waals surface area contributed by atoms with Gasteiger partial charge in [0.2, 0.25) is 28.6 Å². The van der Waals surface area contributed by atoms with Crippen molar-refractivity contribution in [2.75, 3.05) is 23.9 Å². The van der Waals surface area contributed by atoms with Gasteiger partial charge in [-0.1, -0.05) is 49.9 Å². The molecule has 1 aliphatic carbocycles. The average Bonchev–Trinajstić information content (AvgIpc) is 3.40. The fraction of sp³-hybridized carbons (Fsp3) is 0.517. The number of anilines is 1. The van der Waals surface area contributed by atoms with Gasteiger partial charge in [-0.2, -0.15) is 0 Å². The molecule has 1 atom stereocenters. The highest BCUT2D eigenvalue weighted by molar-refractivity contribution is 7.92. The number of rotatable bonds is 12. The molecule has 1 heterocycles. The van der Waals surface area contributed by atoms with E-state index in [2.05, 4.69) is 5.32 Å². The Morgan fingerprint density at radius 2 is 1.75 bits per heavy atom. The fourth-order valence-corrected chi connectivity index (χ4v) is 6.38. The Kier molecular flexibility index (Phi) is 10.2. The molecule has 218 valence electrons. The summed E-state index contributed by atoms with van der Waals surface area (Å²) < 4.78 is 37.3. The number of ether oxygens (including phenoxy) is 2. The van der Waals surface area contributed by atoms with Crippen molar-refractivity contribution in [3.05, 3.63) is 53.1 Å². The van der Waals surface area contributed by atoms with Crippen molar-refractivity contribution in [1.82, 2.24) is 10.2 Å². The van der Waals surface area contributed by atoms with E-state index in [9.17, 15) is 18.0 Å². The number of sulfonamides is 1. The predicted octanol–water partition coefficient (Wildman–Crippen LogP) is 4.87. The summed E-state index contributed by atoms with van der Waals surface area (Å²) >= 11 is 6.06. The van der Waals surface area contributed by atoms with Crippen LogP contribution >= 0.6 is 11.6 Å². The van der Waals surface area contributed by atoms with Crippen LogP contribution in [0.25, 0.3) is 0 Å². The number of carbonyl (C=O) groups is 2. The normalized spacial score (nSPS) is 15.9. The van der Waals surface area contributed by atoms with Crippen molar-refractivity contribution >= 4 is 39.1 Å². The summed E-state index contributed by atoms with van der Waals surface area (Å²) in [5.74, 6) is 0.683. The van der Waals surface area contributed by atoms with Crippen LogP contribution in [0.4, 0.5) is 5.69 Å². The number of fused-ring (bicyclic) bond motifs is 1. The van der Waals surface area contributed by atoms with Crippen molar-refractivity contribution in [3.8, 4) is 11.5 Å². The number of hydrogen-bond donors (Lipinski definition) is 1. The first kappa shape index (κ1) is 30.0. The molecule has 1 fully saturated rings. The second-order valence-electron chi connectivity index (χ2n) is 10.4. The summed E-state index contributed by atoms with van der Waals surface area (Å²) in [6.45, 7) is 2.34. The quantitative estimate of drug-likeness (QED) is 0.377. The Morgan fingerprint density at radius 3 is 2.42 bits per heavy atom. The van der Waals surface area contributed by atoms with Crippen LogP contribution in [0.5, 0.6) is 11.5 Å². The molecule has 9 nitrogen and oxygen atoms in total. The molecule has 2 aromatic rings. The molecule has 0 bridgehead atoms. The van der Waals surface area contributed by atoms with E-state index < -0.39 is 16.1 Å². The van der Waals surface area contributed by atoms with Crippen molar-refractivity contribution < 1.29 is 27.5 Å². The van der Waals surface area contributed by atoms with Gasteiger partial charge in [0.05, 0.1) is 11.9 Å². The highest BCUT2D eigenvalue weighted by Crippen LogP contribution is 2.36. The van der Waals surface area contributed by atoms with E-state index in [-0.39, 0.29) is 50.6 Å². The lowest BCUT2D eigenvalue weighted by molar-refractivity contribution is -0.141. The smallest absolute Gasteiger partial charge is 0.243 e. The van der Waals surface area contributed by atoms with Crippen LogP contribution in [0, 0.1) is 0 Å². The van der Waals surface area contributed by atoms with Crippen molar-refractivity contribution in [2.24, 2.45) is 0 Å². The highest BCUT2D eigenvalue weighted by atomic mass is 35.5. The van der Waals surface area contributed by atoms with E-state index in [0.29, 0.717) is 28.6 Å².